The van der Waals surface area contributed by atoms with Crippen LogP contribution in [0.25, 0.3) is 0 Å². The van der Waals surface area contributed by atoms with Crippen LogP contribution in [0.2, 0.25) is 5.02 Å². The standard InChI is InChI=1S/C14H17ClN2O2/c1-9(17-8-2-3-12(17)14(16)19)13(18)10-4-6-11(15)7-5-10/h4-7,9,12H,2-3,8H2,1H3,(H2,16,19). The maximum Gasteiger partial charge on any atom is 0.234 e. The van der Waals surface area contributed by atoms with Gasteiger partial charge in [-0.15, -0.1) is 0 Å². The van der Waals surface area contributed by atoms with Crippen molar-refractivity contribution in [2.45, 2.75) is 31.8 Å². The number of primary amides is 1. The minimum atomic E-state index is -0.353. The number of carbonyl (C=O) groups is 2. The predicted molar refractivity (Wildman–Crippen MR) is 74.2 cm³/mol. The number of benzene rings is 1. The summed E-state index contributed by atoms with van der Waals surface area (Å²) in [7, 11) is 0. The summed E-state index contributed by atoms with van der Waals surface area (Å²) in [6.07, 6.45) is 1.62. The molecule has 0 bridgehead atoms. The van der Waals surface area contributed by atoms with Gasteiger partial charge in [0, 0.05) is 10.6 Å². The van der Waals surface area contributed by atoms with Gasteiger partial charge in [0.05, 0.1) is 12.1 Å². The Morgan fingerprint density at radius 2 is 2.00 bits per heavy atom. The summed E-state index contributed by atoms with van der Waals surface area (Å²) < 4.78 is 0. The van der Waals surface area contributed by atoms with Gasteiger partial charge in [0.1, 0.15) is 0 Å². The Kier molecular flexibility index (Phi) is 4.22. The van der Waals surface area contributed by atoms with Crippen LogP contribution in [0, 0.1) is 0 Å². The minimum absolute atomic E-state index is 0.00943. The van der Waals surface area contributed by atoms with Gasteiger partial charge in [-0.2, -0.15) is 0 Å². The first-order chi connectivity index (χ1) is 9.00. The fourth-order valence-corrected chi connectivity index (χ4v) is 2.69. The van der Waals surface area contributed by atoms with Crippen LogP contribution >= 0.6 is 11.6 Å². The number of nitrogens with two attached hydrogens (primary N) is 1. The summed E-state index contributed by atoms with van der Waals surface area (Å²) in [6, 6.07) is 6.12. The van der Waals surface area contributed by atoms with Crippen LogP contribution in [0.3, 0.4) is 0 Å². The zero-order chi connectivity index (χ0) is 14.0. The molecule has 1 aromatic carbocycles. The molecule has 1 aliphatic rings. The van der Waals surface area contributed by atoms with Crippen molar-refractivity contribution in [2.75, 3.05) is 6.54 Å². The molecule has 2 rings (SSSR count). The van der Waals surface area contributed by atoms with Gasteiger partial charge in [0.15, 0.2) is 5.78 Å². The van der Waals surface area contributed by atoms with Gasteiger partial charge in [-0.05, 0) is 50.6 Å². The monoisotopic (exact) mass is 280 g/mol. The first kappa shape index (κ1) is 14.0. The van der Waals surface area contributed by atoms with Crippen LogP contribution in [-0.2, 0) is 4.79 Å². The molecule has 102 valence electrons. The number of hydrogen-bond donors (Lipinski definition) is 1. The van der Waals surface area contributed by atoms with E-state index < -0.39 is 0 Å². The van der Waals surface area contributed by atoms with Gasteiger partial charge in [-0.3, -0.25) is 14.5 Å². The van der Waals surface area contributed by atoms with E-state index in [1.807, 2.05) is 11.8 Å². The van der Waals surface area contributed by atoms with E-state index in [1.54, 1.807) is 24.3 Å². The smallest absolute Gasteiger partial charge is 0.234 e. The molecule has 5 heteroatoms. The SMILES string of the molecule is CC(C(=O)c1ccc(Cl)cc1)N1CCCC1C(N)=O. The fraction of sp³-hybridized carbons (Fsp3) is 0.429. The maximum atomic E-state index is 12.4. The number of Topliss-reactive ketones (excluding diaryl/α,β-unsaturated/α-hetero) is 1. The van der Waals surface area contributed by atoms with Crippen LogP contribution in [0.15, 0.2) is 24.3 Å². The Morgan fingerprint density at radius 3 is 2.58 bits per heavy atom. The number of halogens is 1. The van der Waals surface area contributed by atoms with E-state index in [-0.39, 0.29) is 23.8 Å². The lowest BCUT2D eigenvalue weighted by Crippen LogP contribution is -2.47. The molecule has 19 heavy (non-hydrogen) atoms. The van der Waals surface area contributed by atoms with Gasteiger partial charge in [-0.1, -0.05) is 11.6 Å². The molecular weight excluding hydrogens is 264 g/mol. The highest BCUT2D eigenvalue weighted by Gasteiger charge is 2.35. The summed E-state index contributed by atoms with van der Waals surface area (Å²) in [5, 5.41) is 0.598. The Balaban J connectivity index is 2.14. The zero-order valence-electron chi connectivity index (χ0n) is 10.8. The highest BCUT2D eigenvalue weighted by Crippen LogP contribution is 2.22. The minimum Gasteiger partial charge on any atom is -0.368 e. The van der Waals surface area contributed by atoms with Crippen molar-refractivity contribution in [3.63, 3.8) is 0 Å². The topological polar surface area (TPSA) is 63.4 Å². The number of likely N-dealkylation sites (tertiary alicyclic amines) is 1. The number of ketones is 1. The molecule has 2 unspecified atom stereocenters. The third-order valence-electron chi connectivity index (χ3n) is 3.63. The summed E-state index contributed by atoms with van der Waals surface area (Å²) in [4.78, 5) is 25.6. The van der Waals surface area contributed by atoms with Crippen molar-refractivity contribution < 1.29 is 9.59 Å². The number of amides is 1. The fourth-order valence-electron chi connectivity index (χ4n) is 2.56. The molecule has 1 fully saturated rings. The van der Waals surface area contributed by atoms with E-state index in [0.717, 1.165) is 19.4 Å². The van der Waals surface area contributed by atoms with Crippen molar-refractivity contribution in [1.82, 2.24) is 4.90 Å². The number of rotatable bonds is 4. The van der Waals surface area contributed by atoms with Crippen LogP contribution < -0.4 is 5.73 Å². The van der Waals surface area contributed by atoms with Crippen molar-refractivity contribution in [2.24, 2.45) is 5.73 Å². The lowest BCUT2D eigenvalue weighted by molar-refractivity contribution is -0.122. The van der Waals surface area contributed by atoms with E-state index in [9.17, 15) is 9.59 Å². The molecule has 0 saturated carbocycles. The molecule has 4 nitrogen and oxygen atoms in total. The molecule has 2 atom stereocenters. The molecule has 0 aromatic heterocycles. The Labute approximate surface area is 117 Å². The summed E-state index contributed by atoms with van der Waals surface area (Å²) in [5.41, 5.74) is 5.98. The third-order valence-corrected chi connectivity index (χ3v) is 3.88. The average Bonchev–Trinajstić information content (AvgIpc) is 2.87. The molecular formula is C14H17ClN2O2. The van der Waals surface area contributed by atoms with E-state index >= 15 is 0 Å². The molecule has 1 aromatic rings. The summed E-state index contributed by atoms with van der Waals surface area (Å²) >= 11 is 5.80. The molecule has 1 heterocycles. The second-order valence-electron chi connectivity index (χ2n) is 4.85. The number of carbonyl (C=O) groups excluding carboxylic acids is 2. The van der Waals surface area contributed by atoms with Gasteiger partial charge < -0.3 is 5.73 Å². The highest BCUT2D eigenvalue weighted by atomic mass is 35.5. The van der Waals surface area contributed by atoms with E-state index in [1.165, 1.54) is 0 Å². The largest absolute Gasteiger partial charge is 0.368 e. The summed E-state index contributed by atoms with van der Waals surface area (Å²) in [6.45, 7) is 2.55. The zero-order valence-corrected chi connectivity index (χ0v) is 11.6. The Bertz CT molecular complexity index is 487. The predicted octanol–water partition coefficient (Wildman–Crippen LogP) is 1.86. The van der Waals surface area contributed by atoms with Crippen LogP contribution in [0.5, 0.6) is 0 Å². The number of hydrogen-bond acceptors (Lipinski definition) is 3. The molecule has 0 aliphatic carbocycles. The van der Waals surface area contributed by atoms with Gasteiger partial charge >= 0.3 is 0 Å². The quantitative estimate of drug-likeness (QED) is 0.856. The van der Waals surface area contributed by atoms with E-state index in [2.05, 4.69) is 0 Å². The van der Waals surface area contributed by atoms with Crippen molar-refractivity contribution in [1.29, 1.82) is 0 Å². The lowest BCUT2D eigenvalue weighted by Gasteiger charge is -2.27. The maximum absolute atomic E-state index is 12.4. The van der Waals surface area contributed by atoms with Crippen molar-refractivity contribution >= 4 is 23.3 Å². The lowest BCUT2D eigenvalue weighted by atomic mass is 10.0. The van der Waals surface area contributed by atoms with Crippen LogP contribution in [-0.4, -0.2) is 35.2 Å². The summed E-state index contributed by atoms with van der Waals surface area (Å²) in [5.74, 6) is -0.363. The Hall–Kier alpha value is -1.39. The highest BCUT2D eigenvalue weighted by molar-refractivity contribution is 6.30. The first-order valence-electron chi connectivity index (χ1n) is 6.35. The van der Waals surface area contributed by atoms with Gasteiger partial charge in [0.2, 0.25) is 5.91 Å². The van der Waals surface area contributed by atoms with E-state index in [4.69, 9.17) is 17.3 Å². The normalized spacial score (nSPS) is 21.3. The van der Waals surface area contributed by atoms with Crippen molar-refractivity contribution in [3.8, 4) is 0 Å². The molecule has 1 aliphatic heterocycles. The molecule has 1 saturated heterocycles. The molecule has 1 amide bonds. The second-order valence-corrected chi connectivity index (χ2v) is 5.28. The van der Waals surface area contributed by atoms with Gasteiger partial charge in [0.25, 0.3) is 0 Å². The number of nitrogens with zero attached hydrogens (tertiary/aromatic N) is 1. The third kappa shape index (κ3) is 2.96. The van der Waals surface area contributed by atoms with Gasteiger partial charge in [-0.25, -0.2) is 0 Å². The van der Waals surface area contributed by atoms with Crippen molar-refractivity contribution in [3.05, 3.63) is 34.9 Å². The first-order valence-corrected chi connectivity index (χ1v) is 6.73. The average molecular weight is 281 g/mol. The molecule has 0 spiro atoms. The Morgan fingerprint density at radius 1 is 1.37 bits per heavy atom. The molecule has 0 radical (unpaired) electrons. The van der Waals surface area contributed by atoms with Crippen LogP contribution in [0.1, 0.15) is 30.1 Å². The van der Waals surface area contributed by atoms with E-state index in [0.29, 0.717) is 10.6 Å². The molecule has 2 N–H and O–H groups in total. The van der Waals surface area contributed by atoms with Crippen LogP contribution in [0.4, 0.5) is 0 Å². The second kappa shape index (κ2) is 5.72.